The quantitative estimate of drug-likeness (QED) is 0.185. The molecule has 3 aromatic carbocycles. The van der Waals surface area contributed by atoms with Crippen LogP contribution in [-0.2, 0) is 23.0 Å². The normalized spacial score (nSPS) is 11.9. The predicted molar refractivity (Wildman–Crippen MR) is 164 cm³/mol. The van der Waals surface area contributed by atoms with Gasteiger partial charge in [-0.05, 0) is 62.2 Å². The monoisotopic (exact) mass is 597 g/mol. The van der Waals surface area contributed by atoms with E-state index < -0.39 is 16.0 Å². The molecule has 0 saturated heterocycles. The Morgan fingerprint density at radius 3 is 2.53 bits per heavy atom. The third-order valence-corrected chi connectivity index (χ3v) is 9.14. The summed E-state index contributed by atoms with van der Waals surface area (Å²) in [6.07, 6.45) is 4.64. The molecule has 0 aliphatic carbocycles. The van der Waals surface area contributed by atoms with Gasteiger partial charge in [-0.2, -0.15) is 0 Å². The van der Waals surface area contributed by atoms with Gasteiger partial charge in [0.05, 0.1) is 34.3 Å². The van der Waals surface area contributed by atoms with Crippen LogP contribution in [0.1, 0.15) is 52.8 Å². The van der Waals surface area contributed by atoms with Crippen molar-refractivity contribution < 1.29 is 22.8 Å². The van der Waals surface area contributed by atoms with Crippen LogP contribution in [0.25, 0.3) is 27.6 Å². The van der Waals surface area contributed by atoms with Crippen molar-refractivity contribution in [2.24, 2.45) is 0 Å². The zero-order valence-electron chi connectivity index (χ0n) is 24.0. The second-order valence-electron chi connectivity index (χ2n) is 10.6. The molecule has 3 heterocycles. The van der Waals surface area contributed by atoms with Gasteiger partial charge in [0, 0.05) is 23.6 Å². The molecule has 0 amide bonds. The summed E-state index contributed by atoms with van der Waals surface area (Å²) in [5.41, 5.74) is 4.55. The number of carbonyl (C=O) groups is 1. The lowest BCUT2D eigenvalue weighted by atomic mass is 10.1. The van der Waals surface area contributed by atoms with Gasteiger partial charge in [0.15, 0.2) is 5.82 Å². The highest BCUT2D eigenvalue weighted by molar-refractivity contribution is 7.92. The first-order valence-electron chi connectivity index (χ1n) is 14.0. The van der Waals surface area contributed by atoms with Crippen molar-refractivity contribution in [2.45, 2.75) is 51.5 Å². The Bertz CT molecular complexity index is 2110. The maximum atomic E-state index is 13.7. The highest BCUT2D eigenvalue weighted by atomic mass is 32.2. The van der Waals surface area contributed by atoms with Crippen molar-refractivity contribution in [2.75, 3.05) is 4.72 Å². The van der Waals surface area contributed by atoms with E-state index in [0.29, 0.717) is 23.6 Å². The number of carboxylic acids is 1. The summed E-state index contributed by atoms with van der Waals surface area (Å²) in [6, 6.07) is 19.6. The maximum Gasteiger partial charge on any atom is 0.335 e. The molecule has 0 saturated carbocycles. The molecule has 0 atom stereocenters. The number of unbranched alkanes of at least 4 members (excludes halogenated alkanes) is 1. The van der Waals surface area contributed by atoms with Crippen LogP contribution in [0.15, 0.2) is 82.3 Å². The molecule has 220 valence electrons. The number of aromatic carboxylic acids is 1. The average molecular weight is 598 g/mol. The standard InChI is InChI=1S/C32H31N5O5S/c1-4-5-14-30-33-25-16-15-22(32(38)39)17-28(25)37(30)19-23-18-36(26-11-7-6-10-24(23)26)27-12-8-9-13-29(27)43(40,41)35-31-20(2)21(3)42-34-31/h6-13,15-18H,4-5,14,19H2,1-3H3,(H,34,35)(H,38,39). The largest absolute Gasteiger partial charge is 0.478 e. The summed E-state index contributed by atoms with van der Waals surface area (Å²) in [4.78, 5) is 16.7. The molecule has 0 fully saturated rings. The molecular formula is C32H31N5O5S. The third kappa shape index (κ3) is 5.16. The van der Waals surface area contributed by atoms with Crippen LogP contribution in [0.3, 0.4) is 0 Å². The van der Waals surface area contributed by atoms with Crippen LogP contribution >= 0.6 is 0 Å². The number of sulfonamides is 1. The number of rotatable bonds is 10. The van der Waals surface area contributed by atoms with E-state index in [4.69, 9.17) is 9.51 Å². The predicted octanol–water partition coefficient (Wildman–Crippen LogP) is 6.47. The first kappa shape index (κ1) is 28.2. The number of hydrogen-bond donors (Lipinski definition) is 2. The zero-order valence-corrected chi connectivity index (χ0v) is 24.9. The SMILES string of the molecule is CCCCc1nc2ccc(C(=O)O)cc2n1Cc1cn(-c2ccccc2S(=O)(=O)Nc2noc(C)c2C)c2ccccc12. The van der Waals surface area contributed by atoms with Gasteiger partial charge in [-0.1, -0.05) is 48.8 Å². The minimum absolute atomic E-state index is 0.0881. The fourth-order valence-corrected chi connectivity index (χ4v) is 6.59. The average Bonchev–Trinajstić information content (AvgIpc) is 3.65. The second kappa shape index (κ2) is 11.1. The van der Waals surface area contributed by atoms with E-state index in [2.05, 4.69) is 21.4 Å². The van der Waals surface area contributed by atoms with Gasteiger partial charge in [-0.25, -0.2) is 18.2 Å². The van der Waals surface area contributed by atoms with E-state index in [9.17, 15) is 18.3 Å². The summed E-state index contributed by atoms with van der Waals surface area (Å²) >= 11 is 0. The van der Waals surface area contributed by atoms with Gasteiger partial charge < -0.3 is 18.8 Å². The number of fused-ring (bicyclic) bond motifs is 2. The number of carboxylic acid groups (broad SMARTS) is 1. The zero-order chi connectivity index (χ0) is 30.3. The van der Waals surface area contributed by atoms with Gasteiger partial charge in [0.1, 0.15) is 16.5 Å². The van der Waals surface area contributed by atoms with Crippen LogP contribution < -0.4 is 4.72 Å². The summed E-state index contributed by atoms with van der Waals surface area (Å²) in [6.45, 7) is 6.02. The van der Waals surface area contributed by atoms with Gasteiger partial charge in [-0.3, -0.25) is 4.72 Å². The molecule has 0 aliphatic rings. The molecule has 0 unspecified atom stereocenters. The van der Waals surface area contributed by atoms with Gasteiger partial charge in [-0.15, -0.1) is 0 Å². The number of nitrogens with zero attached hydrogens (tertiary/aromatic N) is 4. The Hall–Kier alpha value is -4.90. The van der Waals surface area contributed by atoms with Gasteiger partial charge >= 0.3 is 5.97 Å². The first-order valence-corrected chi connectivity index (χ1v) is 15.5. The number of aryl methyl sites for hydroxylation is 2. The summed E-state index contributed by atoms with van der Waals surface area (Å²) in [5.74, 6) is 0.566. The topological polar surface area (TPSA) is 132 Å². The second-order valence-corrected chi connectivity index (χ2v) is 12.2. The highest BCUT2D eigenvalue weighted by Crippen LogP contribution is 2.32. The smallest absolute Gasteiger partial charge is 0.335 e. The minimum Gasteiger partial charge on any atom is -0.478 e. The molecule has 3 aromatic heterocycles. The molecule has 43 heavy (non-hydrogen) atoms. The van der Waals surface area contributed by atoms with Crippen molar-refractivity contribution in [3.63, 3.8) is 0 Å². The van der Waals surface area contributed by atoms with E-state index in [1.165, 1.54) is 0 Å². The van der Waals surface area contributed by atoms with E-state index in [0.717, 1.165) is 52.6 Å². The lowest BCUT2D eigenvalue weighted by molar-refractivity contribution is 0.0697. The highest BCUT2D eigenvalue weighted by Gasteiger charge is 2.24. The van der Waals surface area contributed by atoms with Gasteiger partial charge in [0.25, 0.3) is 10.0 Å². The van der Waals surface area contributed by atoms with Crippen molar-refractivity contribution in [3.8, 4) is 5.69 Å². The van der Waals surface area contributed by atoms with Crippen molar-refractivity contribution in [1.29, 1.82) is 0 Å². The van der Waals surface area contributed by atoms with E-state index in [1.807, 2.05) is 35.0 Å². The molecular weight excluding hydrogens is 566 g/mol. The first-order chi connectivity index (χ1) is 20.7. The van der Waals surface area contributed by atoms with Crippen LogP contribution in [0.4, 0.5) is 5.82 Å². The number of anilines is 1. The molecule has 0 spiro atoms. The molecule has 0 radical (unpaired) electrons. The molecule has 2 N–H and O–H groups in total. The molecule has 6 aromatic rings. The Labute approximate surface area is 248 Å². The van der Waals surface area contributed by atoms with Crippen LogP contribution in [0.5, 0.6) is 0 Å². The van der Waals surface area contributed by atoms with E-state index in [-0.39, 0.29) is 16.3 Å². The number of para-hydroxylation sites is 2. The minimum atomic E-state index is -4.03. The summed E-state index contributed by atoms with van der Waals surface area (Å²) in [7, 11) is -4.03. The fraction of sp³-hybridized carbons (Fsp3) is 0.219. The van der Waals surface area contributed by atoms with Crippen molar-refractivity contribution in [3.05, 3.63) is 101 Å². The van der Waals surface area contributed by atoms with Crippen LogP contribution in [0.2, 0.25) is 0 Å². The number of hydrogen-bond acceptors (Lipinski definition) is 6. The summed E-state index contributed by atoms with van der Waals surface area (Å²) < 4.78 is 39.0. The third-order valence-electron chi connectivity index (χ3n) is 7.75. The van der Waals surface area contributed by atoms with Gasteiger partial charge in [0.2, 0.25) is 0 Å². The number of aromatic nitrogens is 4. The lowest BCUT2D eigenvalue weighted by Crippen LogP contribution is -2.16. The molecule has 10 nitrogen and oxygen atoms in total. The van der Waals surface area contributed by atoms with Crippen LogP contribution in [-0.4, -0.2) is 38.8 Å². The fourth-order valence-electron chi connectivity index (χ4n) is 5.33. The molecule has 0 bridgehead atoms. The number of imidazole rings is 1. The Morgan fingerprint density at radius 1 is 1.02 bits per heavy atom. The van der Waals surface area contributed by atoms with Crippen LogP contribution in [0, 0.1) is 13.8 Å². The summed E-state index contributed by atoms with van der Waals surface area (Å²) in [5, 5.41) is 14.5. The molecule has 0 aliphatic heterocycles. The maximum absolute atomic E-state index is 13.7. The number of nitrogens with one attached hydrogen (secondary N) is 1. The Balaban J connectivity index is 1.48. The number of benzene rings is 3. The van der Waals surface area contributed by atoms with E-state index in [1.54, 1.807) is 56.3 Å². The molecule has 6 rings (SSSR count). The Kier molecular flexibility index (Phi) is 7.26. The lowest BCUT2D eigenvalue weighted by Gasteiger charge is -2.13. The van der Waals surface area contributed by atoms with Crippen molar-refractivity contribution >= 4 is 43.7 Å². The van der Waals surface area contributed by atoms with E-state index >= 15 is 0 Å². The molecule has 11 heteroatoms. The van der Waals surface area contributed by atoms with Crippen molar-refractivity contribution in [1.82, 2.24) is 19.3 Å². The Morgan fingerprint density at radius 2 is 1.79 bits per heavy atom.